The van der Waals surface area contributed by atoms with Gasteiger partial charge in [-0.25, -0.2) is 0 Å². The Bertz CT molecular complexity index is 531. The highest BCUT2D eigenvalue weighted by molar-refractivity contribution is 5.94. The minimum absolute atomic E-state index is 0.0649. The third kappa shape index (κ3) is 4.28. The second-order valence-corrected chi connectivity index (χ2v) is 6.90. The molecule has 21 heavy (non-hydrogen) atoms. The summed E-state index contributed by atoms with van der Waals surface area (Å²) in [4.78, 5) is 30.1. The molecule has 0 saturated carbocycles. The standard InChI is InChI=1S/C16H23N3O2/c1-11-5-6-12(8-17-11)15(21)18-13-7-14(20)19(9-13)10-16(2,3)4/h5-6,8,13H,7,9-10H2,1-4H3,(H,18,21)/t13-/m1/s1. The molecule has 0 unspecified atom stereocenters. The van der Waals surface area contributed by atoms with Gasteiger partial charge in [-0.1, -0.05) is 20.8 Å². The van der Waals surface area contributed by atoms with Crippen molar-refractivity contribution in [3.63, 3.8) is 0 Å². The summed E-state index contributed by atoms with van der Waals surface area (Å²) in [5.41, 5.74) is 1.47. The molecule has 1 aromatic rings. The molecule has 1 N–H and O–H groups in total. The van der Waals surface area contributed by atoms with Crippen LogP contribution in [0.5, 0.6) is 0 Å². The maximum atomic E-state index is 12.1. The van der Waals surface area contributed by atoms with Gasteiger partial charge in [-0.2, -0.15) is 0 Å². The molecule has 1 aliphatic heterocycles. The van der Waals surface area contributed by atoms with E-state index in [0.29, 0.717) is 25.1 Å². The van der Waals surface area contributed by atoms with Crippen LogP contribution in [0.1, 0.15) is 43.2 Å². The second kappa shape index (κ2) is 5.84. The Morgan fingerprint density at radius 1 is 1.43 bits per heavy atom. The number of hydrogen-bond donors (Lipinski definition) is 1. The SMILES string of the molecule is Cc1ccc(C(=O)N[C@@H]2CC(=O)N(CC(C)(C)C)C2)cn1. The number of aryl methyl sites for hydroxylation is 1. The van der Waals surface area contributed by atoms with E-state index in [1.807, 2.05) is 11.8 Å². The molecule has 5 heteroatoms. The Labute approximate surface area is 125 Å². The quantitative estimate of drug-likeness (QED) is 0.922. The lowest BCUT2D eigenvalue weighted by Gasteiger charge is -2.26. The van der Waals surface area contributed by atoms with Crippen LogP contribution in [0.4, 0.5) is 0 Å². The molecule has 2 heterocycles. The lowest BCUT2D eigenvalue weighted by Crippen LogP contribution is -2.39. The average Bonchev–Trinajstić information content (AvgIpc) is 2.68. The maximum absolute atomic E-state index is 12.1. The number of nitrogens with one attached hydrogen (secondary N) is 1. The van der Waals surface area contributed by atoms with E-state index in [0.717, 1.165) is 5.69 Å². The topological polar surface area (TPSA) is 62.3 Å². The fourth-order valence-electron chi connectivity index (χ4n) is 2.47. The lowest BCUT2D eigenvalue weighted by atomic mass is 9.96. The summed E-state index contributed by atoms with van der Waals surface area (Å²) in [6.07, 6.45) is 1.94. The number of rotatable bonds is 3. The Balaban J connectivity index is 1.94. The Kier molecular flexibility index (Phi) is 4.30. The fourth-order valence-corrected chi connectivity index (χ4v) is 2.47. The summed E-state index contributed by atoms with van der Waals surface area (Å²) < 4.78 is 0. The maximum Gasteiger partial charge on any atom is 0.253 e. The first-order valence-corrected chi connectivity index (χ1v) is 7.26. The van der Waals surface area contributed by atoms with Crippen molar-refractivity contribution >= 4 is 11.8 Å². The van der Waals surface area contributed by atoms with E-state index in [-0.39, 0.29) is 23.3 Å². The minimum Gasteiger partial charge on any atom is -0.347 e. The lowest BCUT2D eigenvalue weighted by molar-refractivity contribution is -0.128. The predicted octanol–water partition coefficient (Wildman–Crippen LogP) is 1.77. The minimum atomic E-state index is -0.169. The van der Waals surface area contributed by atoms with Gasteiger partial charge >= 0.3 is 0 Å². The molecule has 1 saturated heterocycles. The molecular formula is C16H23N3O2. The van der Waals surface area contributed by atoms with Crippen molar-refractivity contribution < 1.29 is 9.59 Å². The third-order valence-electron chi connectivity index (χ3n) is 3.39. The van der Waals surface area contributed by atoms with Crippen molar-refractivity contribution in [2.24, 2.45) is 5.41 Å². The van der Waals surface area contributed by atoms with Crippen LogP contribution < -0.4 is 5.32 Å². The zero-order valence-electron chi connectivity index (χ0n) is 13.1. The van der Waals surface area contributed by atoms with E-state index in [9.17, 15) is 9.59 Å². The van der Waals surface area contributed by atoms with Gasteiger partial charge in [-0.3, -0.25) is 14.6 Å². The highest BCUT2D eigenvalue weighted by Crippen LogP contribution is 2.20. The van der Waals surface area contributed by atoms with E-state index in [4.69, 9.17) is 0 Å². The highest BCUT2D eigenvalue weighted by Gasteiger charge is 2.32. The van der Waals surface area contributed by atoms with E-state index in [1.54, 1.807) is 18.3 Å². The van der Waals surface area contributed by atoms with E-state index in [2.05, 4.69) is 31.1 Å². The summed E-state index contributed by atoms with van der Waals surface area (Å²) in [7, 11) is 0. The van der Waals surface area contributed by atoms with Gasteiger partial charge in [0.2, 0.25) is 5.91 Å². The molecule has 0 aromatic carbocycles. The summed E-state index contributed by atoms with van der Waals surface area (Å²) in [5.74, 6) is -0.0600. The molecule has 0 spiro atoms. The van der Waals surface area contributed by atoms with Crippen LogP contribution in [0.2, 0.25) is 0 Å². The molecule has 0 radical (unpaired) electrons. The number of carbonyl (C=O) groups is 2. The normalized spacial score (nSPS) is 19.0. The van der Waals surface area contributed by atoms with Crippen molar-refractivity contribution in [3.8, 4) is 0 Å². The molecule has 2 rings (SSSR count). The zero-order chi connectivity index (χ0) is 15.6. The summed E-state index contributed by atoms with van der Waals surface area (Å²) in [6, 6.07) is 3.44. The molecule has 114 valence electrons. The van der Waals surface area contributed by atoms with Crippen molar-refractivity contribution in [3.05, 3.63) is 29.6 Å². The largest absolute Gasteiger partial charge is 0.347 e. The number of amides is 2. The van der Waals surface area contributed by atoms with Crippen LogP contribution in [0.15, 0.2) is 18.3 Å². The first-order valence-electron chi connectivity index (χ1n) is 7.26. The van der Waals surface area contributed by atoms with Crippen LogP contribution in [0.3, 0.4) is 0 Å². The van der Waals surface area contributed by atoms with Crippen molar-refractivity contribution in [2.75, 3.05) is 13.1 Å². The van der Waals surface area contributed by atoms with Gasteiger partial charge in [0.05, 0.1) is 11.6 Å². The summed E-state index contributed by atoms with van der Waals surface area (Å²) in [5, 5.41) is 2.92. The molecule has 0 bridgehead atoms. The molecule has 5 nitrogen and oxygen atoms in total. The Hall–Kier alpha value is -1.91. The molecule has 2 amide bonds. The molecule has 1 fully saturated rings. The van der Waals surface area contributed by atoms with Gasteiger partial charge in [0.25, 0.3) is 5.91 Å². The van der Waals surface area contributed by atoms with Gasteiger partial charge < -0.3 is 10.2 Å². The van der Waals surface area contributed by atoms with Gasteiger partial charge in [0, 0.05) is 31.4 Å². The Morgan fingerprint density at radius 3 is 2.71 bits per heavy atom. The number of likely N-dealkylation sites (tertiary alicyclic amines) is 1. The molecular weight excluding hydrogens is 266 g/mol. The van der Waals surface area contributed by atoms with E-state index in [1.165, 1.54) is 0 Å². The van der Waals surface area contributed by atoms with E-state index >= 15 is 0 Å². The van der Waals surface area contributed by atoms with Crippen molar-refractivity contribution in [2.45, 2.75) is 40.2 Å². The van der Waals surface area contributed by atoms with Gasteiger partial charge in [-0.15, -0.1) is 0 Å². The Morgan fingerprint density at radius 2 is 2.14 bits per heavy atom. The van der Waals surface area contributed by atoms with Crippen LogP contribution in [0, 0.1) is 12.3 Å². The zero-order valence-corrected chi connectivity index (χ0v) is 13.1. The van der Waals surface area contributed by atoms with Crippen molar-refractivity contribution in [1.29, 1.82) is 0 Å². The van der Waals surface area contributed by atoms with Crippen molar-refractivity contribution in [1.82, 2.24) is 15.2 Å². The van der Waals surface area contributed by atoms with Crippen LogP contribution >= 0.6 is 0 Å². The number of pyridine rings is 1. The third-order valence-corrected chi connectivity index (χ3v) is 3.39. The summed E-state index contributed by atoms with van der Waals surface area (Å²) >= 11 is 0. The smallest absolute Gasteiger partial charge is 0.253 e. The molecule has 1 aliphatic rings. The van der Waals surface area contributed by atoms with E-state index < -0.39 is 0 Å². The predicted molar refractivity (Wildman–Crippen MR) is 80.9 cm³/mol. The van der Waals surface area contributed by atoms with Gasteiger partial charge in [-0.05, 0) is 24.5 Å². The van der Waals surface area contributed by atoms with Crippen LogP contribution in [-0.2, 0) is 4.79 Å². The molecule has 1 atom stereocenters. The number of carbonyl (C=O) groups excluding carboxylic acids is 2. The van der Waals surface area contributed by atoms with Crippen LogP contribution in [-0.4, -0.2) is 40.8 Å². The molecule has 1 aromatic heterocycles. The highest BCUT2D eigenvalue weighted by atomic mass is 16.2. The first-order chi connectivity index (χ1) is 9.74. The number of aromatic nitrogens is 1. The van der Waals surface area contributed by atoms with Crippen LogP contribution in [0.25, 0.3) is 0 Å². The second-order valence-electron chi connectivity index (χ2n) is 6.90. The number of nitrogens with zero attached hydrogens (tertiary/aromatic N) is 2. The monoisotopic (exact) mass is 289 g/mol. The van der Waals surface area contributed by atoms with Gasteiger partial charge in [0.1, 0.15) is 0 Å². The fraction of sp³-hybridized carbons (Fsp3) is 0.562. The van der Waals surface area contributed by atoms with Gasteiger partial charge in [0.15, 0.2) is 0 Å². The number of hydrogen-bond acceptors (Lipinski definition) is 3. The average molecular weight is 289 g/mol. The summed E-state index contributed by atoms with van der Waals surface area (Å²) in [6.45, 7) is 9.48. The first kappa shape index (κ1) is 15.5. The molecule has 0 aliphatic carbocycles.